The summed E-state index contributed by atoms with van der Waals surface area (Å²) in [6, 6.07) is 10.9. The summed E-state index contributed by atoms with van der Waals surface area (Å²) in [6.07, 6.45) is 4.16. The Balaban J connectivity index is 1.93. The molecule has 3 rings (SSSR count). The van der Waals surface area contributed by atoms with E-state index in [1.165, 1.54) is 17.8 Å². The molecule has 1 heterocycles. The molecule has 3 N–H and O–H groups in total. The maximum absolute atomic E-state index is 12.5. The first-order valence-corrected chi connectivity index (χ1v) is 8.37. The largest absolute Gasteiger partial charge is 0.396 e. The van der Waals surface area contributed by atoms with Gasteiger partial charge in [-0.15, -0.1) is 0 Å². The van der Waals surface area contributed by atoms with Gasteiger partial charge < -0.3 is 5.73 Å². The highest BCUT2D eigenvalue weighted by Crippen LogP contribution is 2.31. The topological polar surface area (TPSA) is 85.1 Å². The molecule has 0 bridgehead atoms. The van der Waals surface area contributed by atoms with Gasteiger partial charge in [-0.2, -0.15) is 0 Å². The minimum Gasteiger partial charge on any atom is -0.396 e. The van der Waals surface area contributed by atoms with Gasteiger partial charge in [-0.25, -0.2) is 18.1 Å². The second kappa shape index (κ2) is 5.46. The Morgan fingerprint density at radius 3 is 2.81 bits per heavy atom. The fourth-order valence-electron chi connectivity index (χ4n) is 2.75. The molecule has 0 saturated carbocycles. The summed E-state index contributed by atoms with van der Waals surface area (Å²) in [5, 5.41) is -0.104. The van der Waals surface area contributed by atoms with Crippen LogP contribution in [0.3, 0.4) is 0 Å². The highest BCUT2D eigenvalue weighted by molar-refractivity contribution is 7.89. The quantitative estimate of drug-likeness (QED) is 0.908. The maximum Gasteiger partial charge on any atom is 0.260 e. The molecule has 1 aliphatic carbocycles. The number of nitrogen functional groups attached to an aromatic ring is 1. The van der Waals surface area contributed by atoms with Crippen LogP contribution in [0.2, 0.25) is 0 Å². The van der Waals surface area contributed by atoms with Crippen LogP contribution < -0.4 is 10.5 Å². The van der Waals surface area contributed by atoms with E-state index in [0.29, 0.717) is 0 Å². The van der Waals surface area contributed by atoms with E-state index in [0.717, 1.165) is 24.8 Å². The summed E-state index contributed by atoms with van der Waals surface area (Å²) in [6.45, 7) is 0. The summed E-state index contributed by atoms with van der Waals surface area (Å²) in [4.78, 5) is 3.90. The number of fused-ring (bicyclic) bond motifs is 1. The van der Waals surface area contributed by atoms with Crippen molar-refractivity contribution in [1.29, 1.82) is 0 Å². The average molecular weight is 303 g/mol. The number of aryl methyl sites for hydroxylation is 1. The number of hydrogen-bond donors (Lipinski definition) is 2. The van der Waals surface area contributed by atoms with E-state index in [4.69, 9.17) is 5.73 Å². The fraction of sp³-hybridized carbons (Fsp3) is 0.267. The molecule has 1 aromatic heterocycles. The minimum atomic E-state index is -3.72. The van der Waals surface area contributed by atoms with Gasteiger partial charge in [0.2, 0.25) is 0 Å². The van der Waals surface area contributed by atoms with Gasteiger partial charge in [-0.1, -0.05) is 24.3 Å². The Bertz CT molecular complexity index is 759. The fourth-order valence-corrected chi connectivity index (χ4v) is 4.06. The Morgan fingerprint density at radius 2 is 2.00 bits per heavy atom. The zero-order valence-electron chi connectivity index (χ0n) is 11.5. The molecule has 5 nitrogen and oxygen atoms in total. The van der Waals surface area contributed by atoms with Crippen LogP contribution in [0.15, 0.2) is 47.6 Å². The summed E-state index contributed by atoms with van der Waals surface area (Å²) < 4.78 is 27.7. The van der Waals surface area contributed by atoms with Crippen LogP contribution in [0.5, 0.6) is 0 Å². The molecule has 0 aliphatic heterocycles. The van der Waals surface area contributed by atoms with E-state index >= 15 is 0 Å². The molecule has 0 radical (unpaired) electrons. The lowest BCUT2D eigenvalue weighted by Gasteiger charge is -2.26. The van der Waals surface area contributed by atoms with Crippen LogP contribution in [-0.4, -0.2) is 13.4 Å². The van der Waals surface area contributed by atoms with Crippen molar-refractivity contribution in [3.05, 3.63) is 53.7 Å². The predicted molar refractivity (Wildman–Crippen MR) is 81.1 cm³/mol. The van der Waals surface area contributed by atoms with Crippen molar-refractivity contribution >= 4 is 15.7 Å². The number of rotatable bonds is 3. The van der Waals surface area contributed by atoms with Crippen molar-refractivity contribution in [3.8, 4) is 0 Å². The summed E-state index contributed by atoms with van der Waals surface area (Å²) >= 11 is 0. The zero-order valence-corrected chi connectivity index (χ0v) is 12.3. The van der Waals surface area contributed by atoms with Gasteiger partial charge >= 0.3 is 0 Å². The molecular weight excluding hydrogens is 286 g/mol. The predicted octanol–water partition coefficient (Wildman–Crippen LogP) is 2.02. The number of anilines is 1. The Kier molecular flexibility index (Phi) is 3.65. The molecule has 1 aromatic carbocycles. The Hall–Kier alpha value is -1.92. The summed E-state index contributed by atoms with van der Waals surface area (Å²) in [5.74, 6) is 0. The molecule has 1 atom stereocenters. The molecule has 21 heavy (non-hydrogen) atoms. The van der Waals surface area contributed by atoms with E-state index in [9.17, 15) is 8.42 Å². The molecular formula is C15H17N3O2S. The number of benzene rings is 1. The first kappa shape index (κ1) is 14.0. The van der Waals surface area contributed by atoms with Crippen LogP contribution in [0.25, 0.3) is 0 Å². The van der Waals surface area contributed by atoms with Gasteiger partial charge in [0.15, 0.2) is 5.03 Å². The SMILES string of the molecule is Nc1cccnc1S(=O)(=O)NC1CCCc2ccccc21. The van der Waals surface area contributed by atoms with Crippen molar-refractivity contribution in [3.63, 3.8) is 0 Å². The lowest BCUT2D eigenvalue weighted by molar-refractivity contribution is 0.506. The summed E-state index contributed by atoms with van der Waals surface area (Å²) in [7, 11) is -3.72. The third-order valence-electron chi connectivity index (χ3n) is 3.72. The normalized spacial score (nSPS) is 18.2. The zero-order chi connectivity index (χ0) is 14.9. The smallest absolute Gasteiger partial charge is 0.260 e. The van der Waals surface area contributed by atoms with Crippen LogP contribution in [0.1, 0.15) is 30.0 Å². The third kappa shape index (κ3) is 2.77. The van der Waals surface area contributed by atoms with Crippen LogP contribution in [-0.2, 0) is 16.4 Å². The van der Waals surface area contributed by atoms with Crippen molar-refractivity contribution in [2.75, 3.05) is 5.73 Å². The molecule has 1 unspecified atom stereocenters. The van der Waals surface area contributed by atoms with Crippen LogP contribution in [0, 0.1) is 0 Å². The average Bonchev–Trinajstić information content (AvgIpc) is 2.47. The van der Waals surface area contributed by atoms with Gasteiger partial charge in [0.25, 0.3) is 10.0 Å². The van der Waals surface area contributed by atoms with Crippen molar-refractivity contribution < 1.29 is 8.42 Å². The highest BCUT2D eigenvalue weighted by Gasteiger charge is 2.27. The van der Waals surface area contributed by atoms with E-state index in [1.807, 2.05) is 24.3 Å². The molecule has 1 aliphatic rings. The van der Waals surface area contributed by atoms with Gasteiger partial charge in [0.1, 0.15) is 0 Å². The maximum atomic E-state index is 12.5. The number of nitrogens with one attached hydrogen (secondary N) is 1. The minimum absolute atomic E-state index is 0.104. The number of nitrogens with two attached hydrogens (primary N) is 1. The molecule has 0 fully saturated rings. The first-order chi connectivity index (χ1) is 10.1. The number of nitrogens with zero attached hydrogens (tertiary/aromatic N) is 1. The Labute approximate surface area is 124 Å². The number of hydrogen-bond acceptors (Lipinski definition) is 4. The van der Waals surface area contributed by atoms with E-state index in [1.54, 1.807) is 6.07 Å². The molecule has 0 spiro atoms. The van der Waals surface area contributed by atoms with E-state index in [-0.39, 0.29) is 16.8 Å². The van der Waals surface area contributed by atoms with Crippen LogP contribution in [0.4, 0.5) is 5.69 Å². The van der Waals surface area contributed by atoms with Crippen molar-refractivity contribution in [1.82, 2.24) is 9.71 Å². The Morgan fingerprint density at radius 1 is 1.19 bits per heavy atom. The van der Waals surface area contributed by atoms with Gasteiger partial charge in [-0.05, 0) is 42.5 Å². The van der Waals surface area contributed by atoms with Crippen LogP contribution >= 0.6 is 0 Å². The third-order valence-corrected chi connectivity index (χ3v) is 5.17. The molecule has 2 aromatic rings. The van der Waals surface area contributed by atoms with Crippen molar-refractivity contribution in [2.24, 2.45) is 0 Å². The second-order valence-electron chi connectivity index (χ2n) is 5.16. The summed E-state index contributed by atoms with van der Waals surface area (Å²) in [5.41, 5.74) is 8.13. The lowest BCUT2D eigenvalue weighted by atomic mass is 9.88. The van der Waals surface area contributed by atoms with Gasteiger partial charge in [0, 0.05) is 12.2 Å². The van der Waals surface area contributed by atoms with E-state index < -0.39 is 10.0 Å². The van der Waals surface area contributed by atoms with Gasteiger partial charge in [0.05, 0.1) is 5.69 Å². The number of pyridine rings is 1. The van der Waals surface area contributed by atoms with Gasteiger partial charge in [-0.3, -0.25) is 0 Å². The molecule has 6 heteroatoms. The van der Waals surface area contributed by atoms with E-state index in [2.05, 4.69) is 9.71 Å². The number of sulfonamides is 1. The lowest BCUT2D eigenvalue weighted by Crippen LogP contribution is -2.32. The standard InChI is InChI=1S/C15H17N3O2S/c16-13-8-4-10-17-15(13)21(19,20)18-14-9-3-6-11-5-1-2-7-12(11)14/h1-2,4-5,7-8,10,14,18H,3,6,9,16H2. The van der Waals surface area contributed by atoms with Crippen molar-refractivity contribution in [2.45, 2.75) is 30.3 Å². The first-order valence-electron chi connectivity index (χ1n) is 6.88. The molecule has 110 valence electrons. The monoisotopic (exact) mass is 303 g/mol. The number of aromatic nitrogens is 1. The highest BCUT2D eigenvalue weighted by atomic mass is 32.2. The second-order valence-corrected chi connectivity index (χ2v) is 6.79. The molecule has 0 amide bonds. The molecule has 0 saturated heterocycles.